The number of amides is 1. The number of hydrogen-bond acceptors (Lipinski definition) is 5. The van der Waals surface area contributed by atoms with Gasteiger partial charge < -0.3 is 10.2 Å². The molecule has 2 aliphatic heterocycles. The molecule has 0 aliphatic carbocycles. The third kappa shape index (κ3) is 3.02. The first kappa shape index (κ1) is 18.3. The van der Waals surface area contributed by atoms with E-state index in [4.69, 9.17) is 0 Å². The SMILES string of the molecule is Cc1cc(C(=O)N2CCC(n3ncc4c3CNC4)CC2)c2cnn(C(C)C)c2n1. The predicted molar refractivity (Wildman–Crippen MR) is 110 cm³/mol. The van der Waals surface area contributed by atoms with Gasteiger partial charge in [-0.15, -0.1) is 0 Å². The first-order valence-corrected chi connectivity index (χ1v) is 10.4. The Morgan fingerprint density at radius 3 is 2.72 bits per heavy atom. The highest BCUT2D eigenvalue weighted by atomic mass is 16.2. The summed E-state index contributed by atoms with van der Waals surface area (Å²) in [7, 11) is 0. The summed E-state index contributed by atoms with van der Waals surface area (Å²) in [5.74, 6) is 0.0783. The van der Waals surface area contributed by atoms with Gasteiger partial charge in [-0.25, -0.2) is 9.67 Å². The largest absolute Gasteiger partial charge is 0.338 e. The monoisotopic (exact) mass is 393 g/mol. The molecule has 8 nitrogen and oxygen atoms in total. The Balaban J connectivity index is 1.37. The van der Waals surface area contributed by atoms with Crippen molar-refractivity contribution in [2.75, 3.05) is 13.1 Å². The number of rotatable bonds is 3. The lowest BCUT2D eigenvalue weighted by molar-refractivity contribution is 0.0690. The molecule has 1 N–H and O–H groups in total. The minimum atomic E-state index is 0.0783. The van der Waals surface area contributed by atoms with Crippen LogP contribution in [0.15, 0.2) is 18.5 Å². The fourth-order valence-corrected chi connectivity index (χ4v) is 4.58. The summed E-state index contributed by atoms with van der Waals surface area (Å²) in [6.45, 7) is 9.37. The van der Waals surface area contributed by atoms with Crippen molar-refractivity contribution in [3.05, 3.63) is 41.0 Å². The van der Waals surface area contributed by atoms with Gasteiger partial charge in [-0.05, 0) is 39.7 Å². The van der Waals surface area contributed by atoms with Crippen LogP contribution in [0.1, 0.15) is 66.1 Å². The first-order chi connectivity index (χ1) is 14.0. The van der Waals surface area contributed by atoms with Gasteiger partial charge in [0.15, 0.2) is 5.65 Å². The van der Waals surface area contributed by atoms with Crippen LogP contribution < -0.4 is 5.32 Å². The number of nitrogens with one attached hydrogen (secondary N) is 1. The van der Waals surface area contributed by atoms with E-state index in [1.165, 1.54) is 11.3 Å². The van der Waals surface area contributed by atoms with Gasteiger partial charge in [0.2, 0.25) is 0 Å². The average Bonchev–Trinajstić information content (AvgIpc) is 3.42. The third-order valence-electron chi connectivity index (χ3n) is 6.10. The highest BCUT2D eigenvalue weighted by Gasteiger charge is 2.29. The lowest BCUT2D eigenvalue weighted by Crippen LogP contribution is -2.39. The Bertz CT molecular complexity index is 1070. The number of carbonyl (C=O) groups excluding carboxylic acids is 1. The maximum absolute atomic E-state index is 13.4. The van der Waals surface area contributed by atoms with E-state index in [-0.39, 0.29) is 11.9 Å². The third-order valence-corrected chi connectivity index (χ3v) is 6.10. The van der Waals surface area contributed by atoms with Crippen molar-refractivity contribution in [1.29, 1.82) is 0 Å². The molecule has 5 heterocycles. The standard InChI is InChI=1S/C21H27N7O/c1-13(2)27-20-18(11-24-27)17(8-14(3)25-20)21(29)26-6-4-16(5-7-26)28-19-12-22-9-15(19)10-23-28/h8,10-11,13,16,22H,4-7,9,12H2,1-3H3. The van der Waals surface area contributed by atoms with Crippen LogP contribution in [0.25, 0.3) is 11.0 Å². The van der Waals surface area contributed by atoms with Gasteiger partial charge in [-0.1, -0.05) is 0 Å². The van der Waals surface area contributed by atoms with E-state index in [0.29, 0.717) is 11.6 Å². The van der Waals surface area contributed by atoms with E-state index < -0.39 is 0 Å². The summed E-state index contributed by atoms with van der Waals surface area (Å²) >= 11 is 0. The van der Waals surface area contributed by atoms with Gasteiger partial charge >= 0.3 is 0 Å². The van der Waals surface area contributed by atoms with Crippen LogP contribution in [0.5, 0.6) is 0 Å². The number of nitrogens with zero attached hydrogens (tertiary/aromatic N) is 6. The van der Waals surface area contributed by atoms with Crippen molar-refractivity contribution in [1.82, 2.24) is 34.8 Å². The van der Waals surface area contributed by atoms with Gasteiger partial charge in [0, 0.05) is 43.5 Å². The number of fused-ring (bicyclic) bond motifs is 2. The van der Waals surface area contributed by atoms with Crippen LogP contribution >= 0.6 is 0 Å². The van der Waals surface area contributed by atoms with E-state index in [2.05, 4.69) is 39.0 Å². The first-order valence-electron chi connectivity index (χ1n) is 10.4. The van der Waals surface area contributed by atoms with E-state index in [0.717, 1.165) is 55.7 Å². The molecule has 1 amide bonds. The van der Waals surface area contributed by atoms with Crippen molar-refractivity contribution < 1.29 is 4.79 Å². The number of pyridine rings is 1. The number of aryl methyl sites for hydroxylation is 1. The normalized spacial score (nSPS) is 17.4. The number of carbonyl (C=O) groups is 1. The second-order valence-corrected chi connectivity index (χ2v) is 8.42. The summed E-state index contributed by atoms with van der Waals surface area (Å²) in [6.07, 6.45) is 5.62. The van der Waals surface area contributed by atoms with Crippen molar-refractivity contribution in [3.8, 4) is 0 Å². The van der Waals surface area contributed by atoms with Crippen molar-refractivity contribution in [2.24, 2.45) is 0 Å². The summed E-state index contributed by atoms with van der Waals surface area (Å²) < 4.78 is 4.07. The molecule has 0 radical (unpaired) electrons. The minimum Gasteiger partial charge on any atom is -0.338 e. The zero-order chi connectivity index (χ0) is 20.1. The van der Waals surface area contributed by atoms with Gasteiger partial charge in [0.25, 0.3) is 5.91 Å². The Labute approximate surface area is 169 Å². The molecule has 0 unspecified atom stereocenters. The molecule has 0 aromatic carbocycles. The van der Waals surface area contributed by atoms with Gasteiger partial charge in [0.1, 0.15) is 0 Å². The molecule has 0 bridgehead atoms. The smallest absolute Gasteiger partial charge is 0.254 e. The summed E-state index contributed by atoms with van der Waals surface area (Å²) in [5, 5.41) is 13.3. The average molecular weight is 393 g/mol. The Morgan fingerprint density at radius 2 is 1.97 bits per heavy atom. The molecule has 3 aromatic heterocycles. The lowest BCUT2D eigenvalue weighted by atomic mass is 10.0. The second-order valence-electron chi connectivity index (χ2n) is 8.42. The van der Waals surface area contributed by atoms with Gasteiger partial charge in [-0.3, -0.25) is 9.48 Å². The molecule has 152 valence electrons. The maximum atomic E-state index is 13.4. The highest BCUT2D eigenvalue weighted by molar-refractivity contribution is 6.05. The Hall–Kier alpha value is -2.74. The van der Waals surface area contributed by atoms with Crippen LogP contribution in [0, 0.1) is 6.92 Å². The summed E-state index contributed by atoms with van der Waals surface area (Å²) in [5.41, 5.74) is 4.96. The van der Waals surface area contributed by atoms with E-state index in [1.807, 2.05) is 28.8 Å². The van der Waals surface area contributed by atoms with Crippen LogP contribution in [0.2, 0.25) is 0 Å². The highest BCUT2D eigenvalue weighted by Crippen LogP contribution is 2.29. The predicted octanol–water partition coefficient (Wildman–Crippen LogP) is 2.60. The second kappa shape index (κ2) is 6.95. The number of likely N-dealkylation sites (tertiary alicyclic amines) is 1. The van der Waals surface area contributed by atoms with Crippen LogP contribution in [0.4, 0.5) is 0 Å². The molecule has 1 fully saturated rings. The van der Waals surface area contributed by atoms with Gasteiger partial charge in [0.05, 0.1) is 35.1 Å². The molecule has 8 heteroatoms. The maximum Gasteiger partial charge on any atom is 0.254 e. The zero-order valence-corrected chi connectivity index (χ0v) is 17.2. The van der Waals surface area contributed by atoms with E-state index in [1.54, 1.807) is 6.20 Å². The molecule has 0 atom stereocenters. The minimum absolute atomic E-state index is 0.0783. The quantitative estimate of drug-likeness (QED) is 0.740. The molecule has 2 aliphatic rings. The van der Waals surface area contributed by atoms with E-state index >= 15 is 0 Å². The fraction of sp³-hybridized carbons (Fsp3) is 0.524. The summed E-state index contributed by atoms with van der Waals surface area (Å²) in [6, 6.07) is 2.46. The fourth-order valence-electron chi connectivity index (χ4n) is 4.58. The van der Waals surface area contributed by atoms with Crippen LogP contribution in [0.3, 0.4) is 0 Å². The van der Waals surface area contributed by atoms with Crippen LogP contribution in [-0.2, 0) is 13.1 Å². The van der Waals surface area contributed by atoms with Crippen molar-refractivity contribution in [3.63, 3.8) is 0 Å². The molecule has 29 heavy (non-hydrogen) atoms. The molecule has 3 aromatic rings. The molecular formula is C21H27N7O. The molecule has 5 rings (SSSR count). The molecule has 0 saturated carbocycles. The van der Waals surface area contributed by atoms with Crippen molar-refractivity contribution in [2.45, 2.75) is 58.8 Å². The number of aromatic nitrogens is 5. The summed E-state index contributed by atoms with van der Waals surface area (Å²) in [4.78, 5) is 20.0. The number of piperidine rings is 1. The number of hydrogen-bond donors (Lipinski definition) is 1. The zero-order valence-electron chi connectivity index (χ0n) is 17.2. The van der Waals surface area contributed by atoms with Crippen LogP contribution in [-0.4, -0.2) is 48.4 Å². The lowest BCUT2D eigenvalue weighted by Gasteiger charge is -2.33. The molecule has 0 spiro atoms. The van der Waals surface area contributed by atoms with E-state index in [9.17, 15) is 4.79 Å². The van der Waals surface area contributed by atoms with Gasteiger partial charge in [-0.2, -0.15) is 10.2 Å². The van der Waals surface area contributed by atoms with Crippen molar-refractivity contribution >= 4 is 16.9 Å². The Morgan fingerprint density at radius 1 is 1.17 bits per heavy atom. The molecule has 1 saturated heterocycles. The topological polar surface area (TPSA) is 80.9 Å². The molecular weight excluding hydrogens is 366 g/mol. The Kier molecular flexibility index (Phi) is 4.38.